The Morgan fingerprint density at radius 3 is 2.80 bits per heavy atom. The van der Waals surface area contributed by atoms with Gasteiger partial charge in [-0.25, -0.2) is 4.98 Å². The van der Waals surface area contributed by atoms with Crippen LogP contribution >= 0.6 is 23.4 Å². The van der Waals surface area contributed by atoms with Crippen LogP contribution in [-0.4, -0.2) is 36.1 Å². The van der Waals surface area contributed by atoms with Crippen LogP contribution in [-0.2, 0) is 11.0 Å². The Hall–Kier alpha value is -1.15. The predicted molar refractivity (Wildman–Crippen MR) is 71.1 cm³/mol. The SMILES string of the molecule is CSCC(=O)NCCOc1ncc(C(F)(F)F)cc1Cl. The van der Waals surface area contributed by atoms with Crippen molar-refractivity contribution in [1.29, 1.82) is 0 Å². The first-order chi connectivity index (χ1) is 9.34. The van der Waals surface area contributed by atoms with Crippen LogP contribution in [0, 0.1) is 0 Å². The summed E-state index contributed by atoms with van der Waals surface area (Å²) in [7, 11) is 0. The highest BCUT2D eigenvalue weighted by molar-refractivity contribution is 7.99. The summed E-state index contributed by atoms with van der Waals surface area (Å²) in [6, 6.07) is 0.746. The predicted octanol–water partition coefficient (Wildman–Crippen LogP) is 2.61. The first-order valence-corrected chi connectivity index (χ1v) is 7.23. The van der Waals surface area contributed by atoms with Crippen molar-refractivity contribution >= 4 is 29.3 Å². The largest absolute Gasteiger partial charge is 0.475 e. The Bertz CT molecular complexity index is 471. The van der Waals surface area contributed by atoms with E-state index in [9.17, 15) is 18.0 Å². The third kappa shape index (κ3) is 5.46. The topological polar surface area (TPSA) is 51.2 Å². The summed E-state index contributed by atoms with van der Waals surface area (Å²) in [6.07, 6.45) is -2.06. The van der Waals surface area contributed by atoms with Crippen LogP contribution in [0.4, 0.5) is 13.2 Å². The lowest BCUT2D eigenvalue weighted by atomic mass is 10.3. The molecule has 1 N–H and O–H groups in total. The fourth-order valence-electron chi connectivity index (χ4n) is 1.21. The molecule has 1 aromatic heterocycles. The molecule has 0 radical (unpaired) electrons. The van der Waals surface area contributed by atoms with Crippen LogP contribution in [0.3, 0.4) is 0 Å². The lowest BCUT2D eigenvalue weighted by molar-refractivity contribution is -0.137. The Kier molecular flexibility index (Phi) is 6.41. The number of thioether (sulfide) groups is 1. The van der Waals surface area contributed by atoms with Crippen LogP contribution in [0.5, 0.6) is 5.88 Å². The van der Waals surface area contributed by atoms with Gasteiger partial charge in [-0.3, -0.25) is 4.79 Å². The van der Waals surface area contributed by atoms with Crippen molar-refractivity contribution in [2.24, 2.45) is 0 Å². The van der Waals surface area contributed by atoms with E-state index in [-0.39, 0.29) is 30.0 Å². The normalized spacial score (nSPS) is 11.2. The van der Waals surface area contributed by atoms with Gasteiger partial charge < -0.3 is 10.1 Å². The van der Waals surface area contributed by atoms with Crippen LogP contribution < -0.4 is 10.1 Å². The van der Waals surface area contributed by atoms with Crippen molar-refractivity contribution in [2.45, 2.75) is 6.18 Å². The molecule has 0 atom stereocenters. The van der Waals surface area contributed by atoms with Crippen molar-refractivity contribution in [3.63, 3.8) is 0 Å². The van der Waals surface area contributed by atoms with E-state index in [1.54, 1.807) is 6.26 Å². The van der Waals surface area contributed by atoms with Gasteiger partial charge in [0.15, 0.2) is 0 Å². The molecule has 4 nitrogen and oxygen atoms in total. The summed E-state index contributed by atoms with van der Waals surface area (Å²) in [5.74, 6) is 0.0885. The molecule has 0 spiro atoms. The molecule has 0 saturated heterocycles. The highest BCUT2D eigenvalue weighted by Gasteiger charge is 2.31. The molecule has 0 bridgehead atoms. The van der Waals surface area contributed by atoms with Gasteiger partial charge in [0.2, 0.25) is 11.8 Å². The standard InChI is InChI=1S/C11H12ClF3N2O2S/c1-20-6-9(18)16-2-3-19-10-8(12)4-7(5-17-10)11(13,14)15/h4-5H,2-3,6H2,1H3,(H,16,18). The van der Waals surface area contributed by atoms with Crippen LogP contribution in [0.15, 0.2) is 12.3 Å². The van der Waals surface area contributed by atoms with Crippen molar-refractivity contribution < 1.29 is 22.7 Å². The number of hydrogen-bond acceptors (Lipinski definition) is 4. The van der Waals surface area contributed by atoms with E-state index in [1.807, 2.05) is 0 Å². The maximum Gasteiger partial charge on any atom is 0.417 e. The molecular formula is C11H12ClF3N2O2S. The number of alkyl halides is 3. The number of ether oxygens (including phenoxy) is 1. The molecule has 20 heavy (non-hydrogen) atoms. The average Bonchev–Trinajstić information content (AvgIpc) is 2.35. The first kappa shape index (κ1) is 16.9. The molecule has 0 unspecified atom stereocenters. The zero-order chi connectivity index (χ0) is 15.2. The zero-order valence-electron chi connectivity index (χ0n) is 10.5. The number of carbonyl (C=O) groups is 1. The molecule has 1 amide bonds. The van der Waals surface area contributed by atoms with E-state index in [0.29, 0.717) is 11.9 Å². The smallest absolute Gasteiger partial charge is 0.417 e. The molecule has 0 aromatic carbocycles. The second-order valence-electron chi connectivity index (χ2n) is 3.64. The van der Waals surface area contributed by atoms with Gasteiger partial charge in [0.05, 0.1) is 17.9 Å². The minimum absolute atomic E-state index is 0.0677. The van der Waals surface area contributed by atoms with Crippen molar-refractivity contribution in [3.8, 4) is 5.88 Å². The van der Waals surface area contributed by atoms with Gasteiger partial charge in [0.25, 0.3) is 0 Å². The second kappa shape index (κ2) is 7.58. The number of nitrogens with one attached hydrogen (secondary N) is 1. The summed E-state index contributed by atoms with van der Waals surface area (Å²) in [5, 5.41) is 2.35. The quantitative estimate of drug-likeness (QED) is 0.816. The van der Waals surface area contributed by atoms with E-state index in [1.165, 1.54) is 11.8 Å². The lowest BCUT2D eigenvalue weighted by Crippen LogP contribution is -2.29. The maximum absolute atomic E-state index is 12.4. The van der Waals surface area contributed by atoms with Gasteiger partial charge in [-0.1, -0.05) is 11.6 Å². The lowest BCUT2D eigenvalue weighted by Gasteiger charge is -2.10. The van der Waals surface area contributed by atoms with E-state index in [4.69, 9.17) is 16.3 Å². The Morgan fingerprint density at radius 2 is 2.25 bits per heavy atom. The number of carbonyl (C=O) groups excluding carboxylic acids is 1. The fraction of sp³-hybridized carbons (Fsp3) is 0.455. The number of nitrogens with zero attached hydrogens (tertiary/aromatic N) is 1. The summed E-state index contributed by atoms with van der Waals surface area (Å²) in [5.41, 5.74) is -0.942. The monoisotopic (exact) mass is 328 g/mol. The van der Waals surface area contributed by atoms with Gasteiger partial charge in [0.1, 0.15) is 11.6 Å². The van der Waals surface area contributed by atoms with Gasteiger partial charge in [-0.15, -0.1) is 0 Å². The van der Waals surface area contributed by atoms with Crippen LogP contribution in [0.25, 0.3) is 0 Å². The average molecular weight is 329 g/mol. The second-order valence-corrected chi connectivity index (χ2v) is 4.91. The van der Waals surface area contributed by atoms with E-state index in [2.05, 4.69) is 10.3 Å². The highest BCUT2D eigenvalue weighted by Crippen LogP contribution is 2.32. The van der Waals surface area contributed by atoms with Crippen LogP contribution in [0.2, 0.25) is 5.02 Å². The van der Waals surface area contributed by atoms with E-state index in [0.717, 1.165) is 6.07 Å². The van der Waals surface area contributed by atoms with Crippen molar-refractivity contribution in [1.82, 2.24) is 10.3 Å². The van der Waals surface area contributed by atoms with Gasteiger partial charge in [0, 0.05) is 6.20 Å². The molecule has 1 aromatic rings. The molecule has 0 saturated carbocycles. The molecule has 0 aliphatic carbocycles. The third-order valence-electron chi connectivity index (χ3n) is 2.07. The number of aromatic nitrogens is 1. The van der Waals surface area contributed by atoms with Gasteiger partial charge in [-0.2, -0.15) is 24.9 Å². The fourth-order valence-corrected chi connectivity index (χ4v) is 1.79. The molecule has 0 fully saturated rings. The first-order valence-electron chi connectivity index (χ1n) is 5.45. The molecule has 1 rings (SSSR count). The molecule has 0 aliphatic rings. The third-order valence-corrected chi connectivity index (χ3v) is 2.89. The Balaban J connectivity index is 2.47. The van der Waals surface area contributed by atoms with Crippen LogP contribution in [0.1, 0.15) is 5.56 Å². The summed E-state index contributed by atoms with van der Waals surface area (Å²) in [4.78, 5) is 14.6. The minimum atomic E-state index is -4.50. The van der Waals surface area contributed by atoms with Gasteiger partial charge in [-0.05, 0) is 12.3 Å². The number of halogens is 4. The molecule has 1 heterocycles. The number of hydrogen-bond donors (Lipinski definition) is 1. The molecule has 0 aliphatic heterocycles. The number of rotatable bonds is 6. The summed E-state index contributed by atoms with van der Waals surface area (Å²) >= 11 is 7.03. The maximum atomic E-state index is 12.4. The highest BCUT2D eigenvalue weighted by atomic mass is 35.5. The number of pyridine rings is 1. The Morgan fingerprint density at radius 1 is 1.55 bits per heavy atom. The van der Waals surface area contributed by atoms with E-state index < -0.39 is 11.7 Å². The molecule has 9 heteroatoms. The number of amides is 1. The molecule has 112 valence electrons. The zero-order valence-corrected chi connectivity index (χ0v) is 12.0. The summed E-state index contributed by atoms with van der Waals surface area (Å²) < 4.78 is 42.2. The van der Waals surface area contributed by atoms with E-state index >= 15 is 0 Å². The molecular weight excluding hydrogens is 317 g/mol. The van der Waals surface area contributed by atoms with Crippen molar-refractivity contribution in [2.75, 3.05) is 25.2 Å². The van der Waals surface area contributed by atoms with Crippen molar-refractivity contribution in [3.05, 3.63) is 22.8 Å². The Labute approximate surface area is 123 Å². The minimum Gasteiger partial charge on any atom is -0.475 e. The summed E-state index contributed by atoms with van der Waals surface area (Å²) in [6.45, 7) is 0.288. The van der Waals surface area contributed by atoms with Gasteiger partial charge >= 0.3 is 6.18 Å².